The zero-order valence-corrected chi connectivity index (χ0v) is 8.17. The normalized spacial score (nSPS) is 10.1. The third kappa shape index (κ3) is 10.9. The van der Waals surface area contributed by atoms with E-state index in [0.29, 0.717) is 0 Å². The van der Waals surface area contributed by atoms with Crippen LogP contribution in [-0.2, 0) is 9.29 Å². The Labute approximate surface area is 55.8 Å². The van der Waals surface area contributed by atoms with Crippen molar-refractivity contribution in [3.63, 3.8) is 0 Å². The molecular formula is H4FO4PSn. The predicted molar refractivity (Wildman–Crippen MR) is 22.8 cm³/mol. The summed E-state index contributed by atoms with van der Waals surface area (Å²) in [7, 11) is -4.81. The van der Waals surface area contributed by atoms with Crippen LogP contribution in [0, 0.1) is 0 Å². The SMILES string of the molecule is O=P(O)(O)OF.[SnH2]. The molecule has 0 saturated heterocycles. The van der Waals surface area contributed by atoms with Gasteiger partial charge in [0, 0.05) is 0 Å². The summed E-state index contributed by atoms with van der Waals surface area (Å²) in [5, 5.41) is 0. The van der Waals surface area contributed by atoms with E-state index in [0.717, 1.165) is 0 Å². The molecule has 0 atom stereocenters. The van der Waals surface area contributed by atoms with E-state index in [1.807, 2.05) is 0 Å². The first-order valence-electron chi connectivity index (χ1n) is 0.919. The number of hydrogen-bond donors (Lipinski definition) is 2. The molecule has 0 aromatic carbocycles. The van der Waals surface area contributed by atoms with Crippen molar-refractivity contribution in [1.82, 2.24) is 0 Å². The quantitative estimate of drug-likeness (QED) is 0.456. The Hall–Kier alpha value is 0.839. The molecule has 4 nitrogen and oxygen atoms in total. The van der Waals surface area contributed by atoms with Gasteiger partial charge >= 0.3 is 31.7 Å². The first-order valence-corrected chi connectivity index (χ1v) is 2.45. The standard InChI is InChI=1S/FH2O4P.Sn.2H/c1-5-6(2,3)4;;;/h(H2,2,3,4);;;. The van der Waals surface area contributed by atoms with Gasteiger partial charge in [0.15, 0.2) is 0 Å². The Kier molecular flexibility index (Phi) is 5.83. The molecule has 0 aliphatic heterocycles. The van der Waals surface area contributed by atoms with Crippen LogP contribution in [0.4, 0.5) is 4.53 Å². The van der Waals surface area contributed by atoms with E-state index < -0.39 is 7.82 Å². The molecule has 2 N–H and O–H groups in total. The van der Waals surface area contributed by atoms with Crippen LogP contribution in [0.3, 0.4) is 0 Å². The summed E-state index contributed by atoms with van der Waals surface area (Å²) in [6.07, 6.45) is 0. The van der Waals surface area contributed by atoms with Crippen molar-refractivity contribution in [3.8, 4) is 0 Å². The third-order valence-electron chi connectivity index (χ3n) is 0.0899. The maximum atomic E-state index is 10.2. The summed E-state index contributed by atoms with van der Waals surface area (Å²) < 4.78 is 21.4. The van der Waals surface area contributed by atoms with Gasteiger partial charge in [0.05, 0.1) is 0 Å². The number of rotatable bonds is 1. The molecule has 44 valence electrons. The first-order chi connectivity index (χ1) is 2.56. The van der Waals surface area contributed by atoms with E-state index >= 15 is 0 Å². The summed E-state index contributed by atoms with van der Waals surface area (Å²) in [6.45, 7) is 0. The minimum absolute atomic E-state index is 0. The fraction of sp³-hybridized carbons (Fsp3) is 0. The van der Waals surface area contributed by atoms with Gasteiger partial charge in [-0.05, 0) is 4.53 Å². The van der Waals surface area contributed by atoms with Crippen molar-refractivity contribution in [2.24, 2.45) is 0 Å². The van der Waals surface area contributed by atoms with Crippen molar-refractivity contribution < 1.29 is 23.6 Å². The Bertz CT molecular complexity index is 75.8. The monoisotopic (exact) mass is 238 g/mol. The fourth-order valence-electron chi connectivity index (χ4n) is 0. The third-order valence-corrected chi connectivity index (χ3v) is 0.270. The van der Waals surface area contributed by atoms with E-state index in [1.165, 1.54) is 0 Å². The van der Waals surface area contributed by atoms with Gasteiger partial charge in [-0.2, -0.15) is 0 Å². The van der Waals surface area contributed by atoms with Crippen molar-refractivity contribution in [2.75, 3.05) is 0 Å². The first kappa shape index (κ1) is 10.8. The molecule has 0 rings (SSSR count). The molecule has 0 spiro atoms. The van der Waals surface area contributed by atoms with Gasteiger partial charge < -0.3 is 9.79 Å². The van der Waals surface area contributed by atoms with Gasteiger partial charge in [-0.25, -0.2) is 4.57 Å². The van der Waals surface area contributed by atoms with Crippen LogP contribution < -0.4 is 0 Å². The Morgan fingerprint density at radius 1 is 1.57 bits per heavy atom. The Balaban J connectivity index is 0. The number of hydrogen-bond acceptors (Lipinski definition) is 2. The zero-order valence-electron chi connectivity index (χ0n) is 3.24. The average molecular weight is 237 g/mol. The zero-order chi connectivity index (χ0) is 5.21. The molecule has 0 unspecified atom stereocenters. The summed E-state index contributed by atoms with van der Waals surface area (Å²) in [6, 6.07) is 0. The van der Waals surface area contributed by atoms with Crippen LogP contribution in [-0.4, -0.2) is 33.7 Å². The van der Waals surface area contributed by atoms with Crippen LogP contribution in [0.25, 0.3) is 0 Å². The van der Waals surface area contributed by atoms with Crippen molar-refractivity contribution in [1.29, 1.82) is 0 Å². The second-order valence-corrected chi connectivity index (χ2v) is 1.68. The van der Waals surface area contributed by atoms with Gasteiger partial charge in [0.25, 0.3) is 0 Å². The molecule has 0 saturated carbocycles. The summed E-state index contributed by atoms with van der Waals surface area (Å²) >= 11 is 0. The molecule has 0 aliphatic rings. The van der Waals surface area contributed by atoms with Crippen LogP contribution in [0.2, 0.25) is 0 Å². The average Bonchev–Trinajstić information content (AvgIpc) is 1.35. The number of halogens is 1. The molecule has 0 bridgehead atoms. The van der Waals surface area contributed by atoms with E-state index in [4.69, 9.17) is 14.4 Å². The molecule has 0 amide bonds. The second kappa shape index (κ2) is 3.79. The maximum absolute atomic E-state index is 10.2. The Morgan fingerprint density at radius 3 is 1.71 bits per heavy atom. The van der Waals surface area contributed by atoms with Crippen molar-refractivity contribution in [2.45, 2.75) is 0 Å². The molecule has 7 heavy (non-hydrogen) atoms. The van der Waals surface area contributed by atoms with Crippen LogP contribution in [0.15, 0.2) is 0 Å². The molecule has 0 aromatic heterocycles. The van der Waals surface area contributed by atoms with Gasteiger partial charge in [-0.15, -0.1) is 0 Å². The van der Waals surface area contributed by atoms with Gasteiger partial charge in [0.1, 0.15) is 0 Å². The van der Waals surface area contributed by atoms with Crippen LogP contribution in [0.5, 0.6) is 0 Å². The molecule has 0 heterocycles. The summed E-state index contributed by atoms with van der Waals surface area (Å²) in [5.41, 5.74) is 0. The van der Waals surface area contributed by atoms with E-state index in [9.17, 15) is 4.53 Å². The molecule has 7 heteroatoms. The predicted octanol–water partition coefficient (Wildman–Crippen LogP) is -0.936. The molecule has 0 fully saturated rings. The number of phosphoric acid groups is 1. The van der Waals surface area contributed by atoms with Crippen molar-refractivity contribution in [3.05, 3.63) is 0 Å². The minimum atomic E-state index is -4.81. The van der Waals surface area contributed by atoms with Gasteiger partial charge in [0.2, 0.25) is 0 Å². The molecule has 0 aromatic rings. The fourth-order valence-corrected chi connectivity index (χ4v) is 0. The summed E-state index contributed by atoms with van der Waals surface area (Å²) in [4.78, 5) is 14.7. The van der Waals surface area contributed by atoms with Crippen molar-refractivity contribution >= 4 is 31.7 Å². The second-order valence-electron chi connectivity index (χ2n) is 0.560. The van der Waals surface area contributed by atoms with Crippen LogP contribution >= 0.6 is 7.82 Å². The van der Waals surface area contributed by atoms with E-state index in [-0.39, 0.29) is 23.9 Å². The molecule has 0 aliphatic carbocycles. The van der Waals surface area contributed by atoms with E-state index in [2.05, 4.69) is 4.73 Å². The summed E-state index contributed by atoms with van der Waals surface area (Å²) in [5.74, 6) is 0. The Morgan fingerprint density at radius 2 is 1.71 bits per heavy atom. The van der Waals surface area contributed by atoms with Gasteiger partial charge in [-0.3, -0.25) is 0 Å². The van der Waals surface area contributed by atoms with Gasteiger partial charge in [-0.1, -0.05) is 4.73 Å². The van der Waals surface area contributed by atoms with Crippen LogP contribution in [0.1, 0.15) is 0 Å². The topological polar surface area (TPSA) is 66.8 Å². The van der Waals surface area contributed by atoms with E-state index in [1.54, 1.807) is 0 Å². The molecule has 2 radical (unpaired) electrons. The molecular weight excluding hydrogens is 233 g/mol.